The standard InChI is InChI=1S/C20H31ClO5Si/c1-19(2,3)27(6,7)26-18(16(22)13-8-10-14(21)11-9-13)17(23)15-12-24-20(4,5)25-15/h8-11,15-16,18,22H,12H2,1-7H3/t15-,16-,18+/m0/s1. The van der Waals surface area contributed by atoms with Crippen LogP contribution in [0.5, 0.6) is 0 Å². The van der Waals surface area contributed by atoms with E-state index in [1.165, 1.54) is 0 Å². The molecule has 1 aliphatic rings. The Bertz CT molecular complexity index is 666. The summed E-state index contributed by atoms with van der Waals surface area (Å²) in [6.45, 7) is 14.1. The molecule has 1 aromatic carbocycles. The molecule has 1 saturated heterocycles. The molecule has 7 heteroatoms. The average Bonchev–Trinajstić information content (AvgIpc) is 2.91. The first-order valence-electron chi connectivity index (χ1n) is 9.20. The van der Waals surface area contributed by atoms with E-state index in [4.69, 9.17) is 25.5 Å². The summed E-state index contributed by atoms with van der Waals surface area (Å²) in [4.78, 5) is 13.2. The van der Waals surface area contributed by atoms with E-state index in [1.54, 1.807) is 38.1 Å². The SMILES string of the molecule is CC1(C)OC[C@@H](C(=O)[C@H](O[Si](C)(C)C(C)(C)C)[C@@H](O)c2ccc(Cl)cc2)O1. The third-order valence-corrected chi connectivity index (χ3v) is 10.0. The minimum Gasteiger partial charge on any atom is -0.404 e. The van der Waals surface area contributed by atoms with Gasteiger partial charge in [0.05, 0.1) is 6.61 Å². The second-order valence-electron chi connectivity index (χ2n) is 9.01. The summed E-state index contributed by atoms with van der Waals surface area (Å²) in [5.41, 5.74) is 0.578. The summed E-state index contributed by atoms with van der Waals surface area (Å²) in [5, 5.41) is 11.4. The number of hydrogen-bond acceptors (Lipinski definition) is 5. The molecular weight excluding hydrogens is 384 g/mol. The topological polar surface area (TPSA) is 65.0 Å². The van der Waals surface area contributed by atoms with Gasteiger partial charge in [0.2, 0.25) is 0 Å². The predicted octanol–water partition coefficient (Wildman–Crippen LogP) is 4.48. The molecule has 2 rings (SSSR count). The third-order valence-electron chi connectivity index (χ3n) is 5.33. The van der Waals surface area contributed by atoms with Gasteiger partial charge in [-0.15, -0.1) is 0 Å². The van der Waals surface area contributed by atoms with E-state index in [2.05, 4.69) is 33.9 Å². The maximum absolute atomic E-state index is 13.2. The lowest BCUT2D eigenvalue weighted by molar-refractivity contribution is -0.159. The molecule has 0 amide bonds. The van der Waals surface area contributed by atoms with Gasteiger partial charge in [-0.1, -0.05) is 44.5 Å². The van der Waals surface area contributed by atoms with E-state index in [1.807, 2.05) is 0 Å². The van der Waals surface area contributed by atoms with Gasteiger partial charge in [0.15, 0.2) is 19.9 Å². The first-order valence-corrected chi connectivity index (χ1v) is 12.5. The van der Waals surface area contributed by atoms with Gasteiger partial charge in [-0.3, -0.25) is 4.79 Å². The summed E-state index contributed by atoms with van der Waals surface area (Å²) in [6, 6.07) is 6.79. The van der Waals surface area contributed by atoms with Crippen LogP contribution in [0.4, 0.5) is 0 Å². The van der Waals surface area contributed by atoms with Crippen molar-refractivity contribution in [3.8, 4) is 0 Å². The number of rotatable bonds is 6. The number of carbonyl (C=O) groups is 1. The highest BCUT2D eigenvalue weighted by Gasteiger charge is 2.47. The second kappa shape index (κ2) is 7.93. The summed E-state index contributed by atoms with van der Waals surface area (Å²) in [7, 11) is -2.33. The number of aliphatic hydroxyl groups is 1. The van der Waals surface area contributed by atoms with E-state index in [9.17, 15) is 9.90 Å². The normalized spacial score (nSPS) is 22.5. The van der Waals surface area contributed by atoms with Gasteiger partial charge in [0.1, 0.15) is 18.3 Å². The van der Waals surface area contributed by atoms with Crippen molar-refractivity contribution in [2.45, 2.75) is 76.8 Å². The minimum absolute atomic E-state index is 0.114. The number of Topliss-reactive ketones (excluding diaryl/α,β-unsaturated/α-hetero) is 1. The second-order valence-corrected chi connectivity index (χ2v) is 14.2. The number of halogens is 1. The van der Waals surface area contributed by atoms with Gasteiger partial charge in [-0.2, -0.15) is 0 Å². The average molecular weight is 415 g/mol. The van der Waals surface area contributed by atoms with Crippen LogP contribution in [0, 0.1) is 0 Å². The van der Waals surface area contributed by atoms with Crippen molar-refractivity contribution in [1.82, 2.24) is 0 Å². The fourth-order valence-electron chi connectivity index (χ4n) is 2.62. The van der Waals surface area contributed by atoms with Gasteiger partial charge in [0, 0.05) is 5.02 Å². The fourth-order valence-corrected chi connectivity index (χ4v) is 3.98. The van der Waals surface area contributed by atoms with Crippen molar-refractivity contribution >= 4 is 25.7 Å². The van der Waals surface area contributed by atoms with Gasteiger partial charge < -0.3 is 19.0 Å². The molecule has 1 aromatic rings. The molecule has 0 radical (unpaired) electrons. The first-order chi connectivity index (χ1) is 12.2. The molecular formula is C20H31ClO5Si. The zero-order valence-corrected chi connectivity index (χ0v) is 19.0. The number of ether oxygens (including phenoxy) is 2. The third kappa shape index (κ3) is 5.40. The Morgan fingerprint density at radius 3 is 2.30 bits per heavy atom. The predicted molar refractivity (Wildman–Crippen MR) is 108 cm³/mol. The Morgan fingerprint density at radius 1 is 1.30 bits per heavy atom. The molecule has 0 unspecified atom stereocenters. The highest BCUT2D eigenvalue weighted by Crippen LogP contribution is 2.39. The summed E-state index contributed by atoms with van der Waals surface area (Å²) < 4.78 is 17.6. The highest BCUT2D eigenvalue weighted by atomic mass is 35.5. The summed E-state index contributed by atoms with van der Waals surface area (Å²) >= 11 is 5.95. The van der Waals surface area contributed by atoms with Crippen LogP contribution in [-0.4, -0.2) is 43.8 Å². The first kappa shape index (κ1) is 22.5. The lowest BCUT2D eigenvalue weighted by Gasteiger charge is -2.40. The van der Waals surface area contributed by atoms with Crippen LogP contribution in [0.2, 0.25) is 23.2 Å². The Morgan fingerprint density at radius 2 is 1.85 bits per heavy atom. The summed E-state index contributed by atoms with van der Waals surface area (Å²) in [5.74, 6) is -1.12. The van der Waals surface area contributed by atoms with Crippen molar-refractivity contribution in [3.05, 3.63) is 34.9 Å². The number of hydrogen-bond donors (Lipinski definition) is 1. The minimum atomic E-state index is -2.33. The monoisotopic (exact) mass is 414 g/mol. The molecule has 1 fully saturated rings. The zero-order valence-electron chi connectivity index (χ0n) is 17.2. The van der Waals surface area contributed by atoms with E-state index in [0.717, 1.165) is 0 Å². The quantitative estimate of drug-likeness (QED) is 0.695. The smallest absolute Gasteiger partial charge is 0.194 e. The lowest BCUT2D eigenvalue weighted by atomic mass is 9.99. The Balaban J connectivity index is 2.33. The number of ketones is 1. The maximum atomic E-state index is 13.2. The molecule has 1 heterocycles. The van der Waals surface area contributed by atoms with Crippen LogP contribution in [-0.2, 0) is 18.7 Å². The van der Waals surface area contributed by atoms with E-state index < -0.39 is 32.4 Å². The largest absolute Gasteiger partial charge is 0.404 e. The van der Waals surface area contributed by atoms with Crippen LogP contribution < -0.4 is 0 Å². The van der Waals surface area contributed by atoms with Gasteiger partial charge in [-0.25, -0.2) is 0 Å². The van der Waals surface area contributed by atoms with Crippen LogP contribution >= 0.6 is 11.6 Å². The molecule has 0 bridgehead atoms. The highest BCUT2D eigenvalue weighted by molar-refractivity contribution is 6.74. The van der Waals surface area contributed by atoms with Crippen molar-refractivity contribution in [2.24, 2.45) is 0 Å². The maximum Gasteiger partial charge on any atom is 0.194 e. The van der Waals surface area contributed by atoms with E-state index in [-0.39, 0.29) is 17.4 Å². The Hall–Kier alpha value is -0.763. The zero-order chi connectivity index (χ0) is 20.6. The molecule has 0 saturated carbocycles. The van der Waals surface area contributed by atoms with Crippen LogP contribution in [0.3, 0.4) is 0 Å². The van der Waals surface area contributed by atoms with Crippen molar-refractivity contribution in [2.75, 3.05) is 6.61 Å². The van der Waals surface area contributed by atoms with Crippen molar-refractivity contribution in [3.63, 3.8) is 0 Å². The molecule has 1 N–H and O–H groups in total. The van der Waals surface area contributed by atoms with Crippen LogP contribution in [0.1, 0.15) is 46.3 Å². The molecule has 5 nitrogen and oxygen atoms in total. The van der Waals surface area contributed by atoms with Gasteiger partial charge in [-0.05, 0) is 49.7 Å². The van der Waals surface area contributed by atoms with E-state index >= 15 is 0 Å². The van der Waals surface area contributed by atoms with Gasteiger partial charge in [0.25, 0.3) is 0 Å². The molecule has 152 valence electrons. The fraction of sp³-hybridized carbons (Fsp3) is 0.650. The molecule has 27 heavy (non-hydrogen) atoms. The van der Waals surface area contributed by atoms with Gasteiger partial charge >= 0.3 is 0 Å². The molecule has 3 atom stereocenters. The lowest BCUT2D eigenvalue weighted by Crippen LogP contribution is -2.50. The van der Waals surface area contributed by atoms with Crippen LogP contribution in [0.15, 0.2) is 24.3 Å². The molecule has 1 aliphatic heterocycles. The molecule has 0 aliphatic carbocycles. The molecule has 0 spiro atoms. The van der Waals surface area contributed by atoms with Crippen LogP contribution in [0.25, 0.3) is 0 Å². The van der Waals surface area contributed by atoms with E-state index in [0.29, 0.717) is 10.6 Å². The molecule has 0 aromatic heterocycles. The van der Waals surface area contributed by atoms with Crippen molar-refractivity contribution < 1.29 is 23.8 Å². The van der Waals surface area contributed by atoms with Crippen molar-refractivity contribution in [1.29, 1.82) is 0 Å². The number of aliphatic hydroxyl groups excluding tert-OH is 1. The Labute approximate surface area is 168 Å². The number of benzene rings is 1. The summed E-state index contributed by atoms with van der Waals surface area (Å²) in [6.07, 6.45) is -2.91. The number of carbonyl (C=O) groups excluding carboxylic acids is 1. The Kier molecular flexibility index (Phi) is 6.62.